The average molecular weight is 509 g/mol. The van der Waals surface area contributed by atoms with Crippen LogP contribution in [0.3, 0.4) is 0 Å². The number of likely N-dealkylation sites (N-methyl/N-ethyl adjacent to an activating group) is 1. The summed E-state index contributed by atoms with van der Waals surface area (Å²) in [6.45, 7) is 3.85. The highest BCUT2D eigenvalue weighted by Gasteiger charge is 2.21. The largest absolute Gasteiger partial charge is 0.497 e. The Bertz CT molecular complexity index is 1500. The molecule has 10 nitrogen and oxygen atoms in total. The summed E-state index contributed by atoms with van der Waals surface area (Å²) in [6.07, 6.45) is 3.07. The van der Waals surface area contributed by atoms with E-state index in [0.29, 0.717) is 11.1 Å². The van der Waals surface area contributed by atoms with Gasteiger partial charge in [0.05, 0.1) is 24.8 Å². The molecule has 0 unspecified atom stereocenters. The highest BCUT2D eigenvalue weighted by Crippen LogP contribution is 2.33. The lowest BCUT2D eigenvalue weighted by atomic mass is 10.2. The van der Waals surface area contributed by atoms with Crippen molar-refractivity contribution >= 4 is 38.4 Å². The van der Waals surface area contributed by atoms with E-state index in [1.54, 1.807) is 31.5 Å². The van der Waals surface area contributed by atoms with Gasteiger partial charge < -0.3 is 24.6 Å². The van der Waals surface area contributed by atoms with Gasteiger partial charge in [0.15, 0.2) is 5.65 Å². The van der Waals surface area contributed by atoms with Gasteiger partial charge in [-0.3, -0.25) is 0 Å². The number of anilines is 3. The standard InChI is InChI=1S/C25H28N6O4S/c1-29-11-13-30(14-12-29)22-8-7-19(15-23(22)35-3)27-25-26-17-18-9-10-31(24(18)28-25)36(32,33)21-6-4-5-20(16-21)34-2/h4-10,15-17H,11-14H2,1-3H3,(H,26,27,28). The Kier molecular flexibility index (Phi) is 6.42. The molecular weight excluding hydrogens is 480 g/mol. The van der Waals surface area contributed by atoms with Gasteiger partial charge in [-0.05, 0) is 37.4 Å². The summed E-state index contributed by atoms with van der Waals surface area (Å²) in [6, 6.07) is 13.9. The van der Waals surface area contributed by atoms with Crippen molar-refractivity contribution in [2.24, 2.45) is 0 Å². The molecule has 2 aromatic heterocycles. The number of piperazine rings is 1. The Morgan fingerprint density at radius 3 is 2.53 bits per heavy atom. The summed E-state index contributed by atoms with van der Waals surface area (Å²) < 4.78 is 38.7. The third kappa shape index (κ3) is 4.54. The Morgan fingerprint density at radius 2 is 1.78 bits per heavy atom. The summed E-state index contributed by atoms with van der Waals surface area (Å²) in [5, 5.41) is 3.78. The lowest BCUT2D eigenvalue weighted by molar-refractivity contribution is 0.311. The molecule has 0 spiro atoms. The third-order valence-corrected chi connectivity index (χ3v) is 7.93. The molecule has 1 aliphatic heterocycles. The number of benzene rings is 2. The molecular formula is C25H28N6O4S. The molecule has 188 valence electrons. The lowest BCUT2D eigenvalue weighted by Crippen LogP contribution is -2.44. The second kappa shape index (κ2) is 9.67. The summed E-state index contributed by atoms with van der Waals surface area (Å²) in [5.41, 5.74) is 2.04. The van der Waals surface area contributed by atoms with E-state index in [1.165, 1.54) is 25.4 Å². The number of rotatable bonds is 7. The molecule has 0 atom stereocenters. The summed E-state index contributed by atoms with van der Waals surface area (Å²) in [5.74, 6) is 1.48. The number of nitrogens with zero attached hydrogens (tertiary/aromatic N) is 5. The third-order valence-electron chi connectivity index (χ3n) is 6.27. The van der Waals surface area contributed by atoms with Crippen molar-refractivity contribution in [2.45, 2.75) is 4.90 Å². The van der Waals surface area contributed by atoms with Crippen molar-refractivity contribution in [2.75, 3.05) is 57.7 Å². The number of hydrogen-bond acceptors (Lipinski definition) is 9. The van der Waals surface area contributed by atoms with E-state index < -0.39 is 10.0 Å². The number of methoxy groups -OCH3 is 2. The predicted molar refractivity (Wildman–Crippen MR) is 139 cm³/mol. The van der Waals surface area contributed by atoms with Crippen molar-refractivity contribution in [1.82, 2.24) is 18.8 Å². The molecule has 0 saturated carbocycles. The maximum Gasteiger partial charge on any atom is 0.269 e. The molecule has 36 heavy (non-hydrogen) atoms. The fraction of sp³-hybridized carbons (Fsp3) is 0.280. The fourth-order valence-electron chi connectivity index (χ4n) is 4.22. The van der Waals surface area contributed by atoms with Crippen LogP contribution >= 0.6 is 0 Å². The molecule has 0 bridgehead atoms. The molecule has 4 aromatic rings. The molecule has 0 radical (unpaired) electrons. The molecule has 3 heterocycles. The molecule has 1 saturated heterocycles. The second-order valence-corrected chi connectivity index (χ2v) is 10.4. The molecule has 1 aliphatic rings. The van der Waals surface area contributed by atoms with Crippen molar-refractivity contribution < 1.29 is 17.9 Å². The maximum atomic E-state index is 13.3. The van der Waals surface area contributed by atoms with E-state index in [2.05, 4.69) is 32.1 Å². The van der Waals surface area contributed by atoms with Gasteiger partial charge in [-0.15, -0.1) is 0 Å². The van der Waals surface area contributed by atoms with E-state index in [1.807, 2.05) is 18.2 Å². The van der Waals surface area contributed by atoms with Crippen LogP contribution in [-0.4, -0.2) is 74.7 Å². The highest BCUT2D eigenvalue weighted by atomic mass is 32.2. The predicted octanol–water partition coefficient (Wildman–Crippen LogP) is 3.18. The Labute approximate surface area is 210 Å². The van der Waals surface area contributed by atoms with Gasteiger partial charge in [0.25, 0.3) is 10.0 Å². The van der Waals surface area contributed by atoms with Gasteiger partial charge in [-0.25, -0.2) is 17.4 Å². The van der Waals surface area contributed by atoms with E-state index >= 15 is 0 Å². The second-order valence-electron chi connectivity index (χ2n) is 8.57. The zero-order chi connectivity index (χ0) is 25.3. The van der Waals surface area contributed by atoms with E-state index in [-0.39, 0.29) is 16.5 Å². The van der Waals surface area contributed by atoms with Crippen LogP contribution in [0.25, 0.3) is 11.0 Å². The number of ether oxygens (including phenoxy) is 2. The van der Waals surface area contributed by atoms with Crippen LogP contribution in [0.5, 0.6) is 11.5 Å². The van der Waals surface area contributed by atoms with Crippen LogP contribution in [-0.2, 0) is 10.0 Å². The fourth-order valence-corrected chi connectivity index (χ4v) is 5.56. The first kappa shape index (κ1) is 23.9. The zero-order valence-corrected chi connectivity index (χ0v) is 21.2. The molecule has 11 heteroatoms. The van der Waals surface area contributed by atoms with Crippen LogP contribution < -0.4 is 19.7 Å². The minimum absolute atomic E-state index is 0.108. The summed E-state index contributed by atoms with van der Waals surface area (Å²) in [7, 11) is 1.38. The molecule has 2 aromatic carbocycles. The van der Waals surface area contributed by atoms with Crippen molar-refractivity contribution in [3.05, 3.63) is 60.9 Å². The molecule has 1 N–H and O–H groups in total. The van der Waals surface area contributed by atoms with Gasteiger partial charge >= 0.3 is 0 Å². The number of hydrogen-bond donors (Lipinski definition) is 1. The van der Waals surface area contributed by atoms with Gasteiger partial charge in [0.1, 0.15) is 11.5 Å². The van der Waals surface area contributed by atoms with Crippen molar-refractivity contribution in [3.8, 4) is 11.5 Å². The van der Waals surface area contributed by atoms with E-state index in [0.717, 1.165) is 47.3 Å². The number of fused-ring (bicyclic) bond motifs is 1. The van der Waals surface area contributed by atoms with Crippen LogP contribution in [0.15, 0.2) is 65.8 Å². The number of aromatic nitrogens is 3. The Morgan fingerprint density at radius 1 is 0.972 bits per heavy atom. The van der Waals surface area contributed by atoms with Gasteiger partial charge in [0.2, 0.25) is 5.95 Å². The summed E-state index contributed by atoms with van der Waals surface area (Å²) in [4.78, 5) is 13.6. The first-order valence-electron chi connectivity index (χ1n) is 11.5. The first-order chi connectivity index (χ1) is 17.4. The van der Waals surface area contributed by atoms with Crippen LogP contribution in [0.2, 0.25) is 0 Å². The Hall–Kier alpha value is -3.83. The van der Waals surface area contributed by atoms with Crippen LogP contribution in [0.4, 0.5) is 17.3 Å². The maximum absolute atomic E-state index is 13.3. The highest BCUT2D eigenvalue weighted by molar-refractivity contribution is 7.90. The SMILES string of the molecule is COc1cccc(S(=O)(=O)n2ccc3cnc(Nc4ccc(N5CCN(C)CC5)c(OC)c4)nc32)c1. The molecule has 5 rings (SSSR count). The van der Waals surface area contributed by atoms with Crippen LogP contribution in [0, 0.1) is 0 Å². The van der Waals surface area contributed by atoms with Gasteiger partial charge in [-0.1, -0.05) is 6.07 Å². The van der Waals surface area contributed by atoms with Gasteiger partial charge in [-0.2, -0.15) is 4.98 Å². The van der Waals surface area contributed by atoms with Crippen LogP contribution in [0.1, 0.15) is 0 Å². The first-order valence-corrected chi connectivity index (χ1v) is 13.0. The molecule has 0 aliphatic carbocycles. The minimum Gasteiger partial charge on any atom is -0.497 e. The number of nitrogens with one attached hydrogen (secondary N) is 1. The monoisotopic (exact) mass is 508 g/mol. The minimum atomic E-state index is -3.89. The van der Waals surface area contributed by atoms with Gasteiger partial charge in [0, 0.05) is 61.8 Å². The Balaban J connectivity index is 1.44. The zero-order valence-electron chi connectivity index (χ0n) is 20.4. The van der Waals surface area contributed by atoms with Crippen molar-refractivity contribution in [3.63, 3.8) is 0 Å². The summed E-state index contributed by atoms with van der Waals surface area (Å²) >= 11 is 0. The topological polar surface area (TPSA) is 102 Å². The van der Waals surface area contributed by atoms with E-state index in [9.17, 15) is 8.42 Å². The molecule has 1 fully saturated rings. The lowest BCUT2D eigenvalue weighted by Gasteiger charge is -2.34. The van der Waals surface area contributed by atoms with E-state index in [4.69, 9.17) is 9.47 Å². The average Bonchev–Trinajstić information content (AvgIpc) is 3.33. The smallest absolute Gasteiger partial charge is 0.269 e. The quantitative estimate of drug-likeness (QED) is 0.403. The normalized spacial score (nSPS) is 14.7. The van der Waals surface area contributed by atoms with Crippen molar-refractivity contribution in [1.29, 1.82) is 0 Å². The molecule has 0 amide bonds.